The molecule has 0 aliphatic carbocycles. The SMILES string of the molecule is CC(C)Nc1ncnc(Nc2ccccc2)c1N. The van der Waals surface area contributed by atoms with Gasteiger partial charge in [-0.1, -0.05) is 18.2 Å². The number of benzene rings is 1. The summed E-state index contributed by atoms with van der Waals surface area (Å²) in [4.78, 5) is 8.29. The van der Waals surface area contributed by atoms with E-state index in [4.69, 9.17) is 5.73 Å². The van der Waals surface area contributed by atoms with Gasteiger partial charge in [0.1, 0.15) is 12.0 Å². The molecule has 4 N–H and O–H groups in total. The van der Waals surface area contributed by atoms with Crippen LogP contribution in [0.2, 0.25) is 0 Å². The third-order valence-electron chi connectivity index (χ3n) is 2.35. The fraction of sp³-hybridized carbons (Fsp3) is 0.231. The van der Waals surface area contributed by atoms with Crippen molar-refractivity contribution >= 4 is 23.0 Å². The van der Waals surface area contributed by atoms with Gasteiger partial charge in [0.25, 0.3) is 0 Å². The quantitative estimate of drug-likeness (QED) is 0.769. The van der Waals surface area contributed by atoms with Gasteiger partial charge in [-0.15, -0.1) is 0 Å². The maximum Gasteiger partial charge on any atom is 0.159 e. The molecule has 5 heteroatoms. The van der Waals surface area contributed by atoms with Crippen LogP contribution in [0.15, 0.2) is 36.7 Å². The van der Waals surface area contributed by atoms with E-state index in [1.807, 2.05) is 44.2 Å². The first kappa shape index (κ1) is 12.2. The Bertz CT molecular complexity index is 510. The monoisotopic (exact) mass is 243 g/mol. The van der Waals surface area contributed by atoms with Crippen molar-refractivity contribution in [3.8, 4) is 0 Å². The van der Waals surface area contributed by atoms with Crippen molar-refractivity contribution in [3.63, 3.8) is 0 Å². The summed E-state index contributed by atoms with van der Waals surface area (Å²) in [5.41, 5.74) is 7.50. The van der Waals surface area contributed by atoms with E-state index in [2.05, 4.69) is 20.6 Å². The van der Waals surface area contributed by atoms with Gasteiger partial charge in [0, 0.05) is 11.7 Å². The van der Waals surface area contributed by atoms with Gasteiger partial charge in [0.15, 0.2) is 11.6 Å². The summed E-state index contributed by atoms with van der Waals surface area (Å²) in [7, 11) is 0. The van der Waals surface area contributed by atoms with Crippen LogP contribution in [-0.4, -0.2) is 16.0 Å². The van der Waals surface area contributed by atoms with Crippen LogP contribution in [0.1, 0.15) is 13.8 Å². The fourth-order valence-corrected chi connectivity index (χ4v) is 1.54. The number of nitrogens with zero attached hydrogens (tertiary/aromatic N) is 2. The number of aromatic nitrogens is 2. The zero-order valence-electron chi connectivity index (χ0n) is 10.5. The van der Waals surface area contributed by atoms with Crippen molar-refractivity contribution in [1.29, 1.82) is 0 Å². The number of anilines is 4. The van der Waals surface area contributed by atoms with Crippen LogP contribution in [0.3, 0.4) is 0 Å². The summed E-state index contributed by atoms with van der Waals surface area (Å²) in [5, 5.41) is 6.35. The molecule has 1 heterocycles. The second-order valence-electron chi connectivity index (χ2n) is 4.27. The minimum Gasteiger partial charge on any atom is -0.393 e. The standard InChI is InChI=1S/C13H17N5/c1-9(2)17-12-11(14)13(16-8-15-12)18-10-6-4-3-5-7-10/h3-9H,14H2,1-2H3,(H2,15,16,17,18). The molecule has 0 fully saturated rings. The second kappa shape index (κ2) is 5.35. The molecule has 0 amide bonds. The first-order chi connectivity index (χ1) is 8.66. The number of nitrogens with one attached hydrogen (secondary N) is 2. The predicted octanol–water partition coefficient (Wildman–Crippen LogP) is 2.62. The Morgan fingerprint density at radius 3 is 2.39 bits per heavy atom. The highest BCUT2D eigenvalue weighted by Crippen LogP contribution is 2.25. The lowest BCUT2D eigenvalue weighted by Gasteiger charge is -2.14. The van der Waals surface area contributed by atoms with Gasteiger partial charge in [-0.2, -0.15) is 0 Å². The average molecular weight is 243 g/mol. The zero-order chi connectivity index (χ0) is 13.0. The zero-order valence-corrected chi connectivity index (χ0v) is 10.5. The Morgan fingerprint density at radius 2 is 1.72 bits per heavy atom. The molecule has 0 spiro atoms. The maximum atomic E-state index is 6.03. The molecular weight excluding hydrogens is 226 g/mol. The molecule has 94 valence electrons. The third-order valence-corrected chi connectivity index (χ3v) is 2.35. The Hall–Kier alpha value is -2.30. The van der Waals surface area contributed by atoms with E-state index in [0.717, 1.165) is 5.69 Å². The lowest BCUT2D eigenvalue weighted by atomic mass is 10.3. The van der Waals surface area contributed by atoms with Crippen LogP contribution < -0.4 is 16.4 Å². The van der Waals surface area contributed by atoms with Crippen molar-refractivity contribution in [2.24, 2.45) is 0 Å². The highest BCUT2D eigenvalue weighted by atomic mass is 15.1. The summed E-state index contributed by atoms with van der Waals surface area (Å²) in [6.07, 6.45) is 1.49. The molecule has 0 saturated carbocycles. The molecule has 0 saturated heterocycles. The molecular formula is C13H17N5. The van der Waals surface area contributed by atoms with E-state index >= 15 is 0 Å². The Kier molecular flexibility index (Phi) is 3.62. The van der Waals surface area contributed by atoms with Crippen LogP contribution in [0.25, 0.3) is 0 Å². The average Bonchev–Trinajstić information content (AvgIpc) is 2.35. The number of nitrogens with two attached hydrogens (primary N) is 1. The van der Waals surface area contributed by atoms with Gasteiger partial charge in [0.2, 0.25) is 0 Å². The molecule has 5 nitrogen and oxygen atoms in total. The minimum atomic E-state index is 0.270. The lowest BCUT2D eigenvalue weighted by molar-refractivity contribution is 0.887. The van der Waals surface area contributed by atoms with Gasteiger partial charge in [0.05, 0.1) is 0 Å². The van der Waals surface area contributed by atoms with Crippen LogP contribution >= 0.6 is 0 Å². The fourth-order valence-electron chi connectivity index (χ4n) is 1.54. The maximum absolute atomic E-state index is 6.03. The molecule has 1 aromatic heterocycles. The van der Waals surface area contributed by atoms with Crippen LogP contribution in [-0.2, 0) is 0 Å². The summed E-state index contributed by atoms with van der Waals surface area (Å²) in [6.45, 7) is 4.07. The molecule has 18 heavy (non-hydrogen) atoms. The van der Waals surface area contributed by atoms with Crippen LogP contribution in [0.5, 0.6) is 0 Å². The van der Waals surface area contributed by atoms with Crippen LogP contribution in [0, 0.1) is 0 Å². The summed E-state index contributed by atoms with van der Waals surface area (Å²) < 4.78 is 0. The van der Waals surface area contributed by atoms with Crippen molar-refractivity contribution in [1.82, 2.24) is 9.97 Å². The van der Waals surface area contributed by atoms with E-state index in [-0.39, 0.29) is 6.04 Å². The summed E-state index contributed by atoms with van der Waals surface area (Å²) >= 11 is 0. The second-order valence-corrected chi connectivity index (χ2v) is 4.27. The molecule has 0 aliphatic rings. The van der Waals surface area contributed by atoms with Gasteiger partial charge in [-0.05, 0) is 26.0 Å². The highest BCUT2D eigenvalue weighted by Gasteiger charge is 2.08. The van der Waals surface area contributed by atoms with Crippen molar-refractivity contribution in [3.05, 3.63) is 36.7 Å². The first-order valence-electron chi connectivity index (χ1n) is 5.86. The van der Waals surface area contributed by atoms with Gasteiger partial charge in [-0.3, -0.25) is 0 Å². The summed E-state index contributed by atoms with van der Waals surface area (Å²) in [5.74, 6) is 1.26. The Balaban J connectivity index is 2.23. The molecule has 0 unspecified atom stereocenters. The number of rotatable bonds is 4. The topological polar surface area (TPSA) is 75.9 Å². The van der Waals surface area contributed by atoms with E-state index in [0.29, 0.717) is 17.3 Å². The van der Waals surface area contributed by atoms with Crippen molar-refractivity contribution in [2.75, 3.05) is 16.4 Å². The van der Waals surface area contributed by atoms with E-state index in [1.165, 1.54) is 6.33 Å². The first-order valence-corrected chi connectivity index (χ1v) is 5.86. The minimum absolute atomic E-state index is 0.270. The molecule has 0 atom stereocenters. The van der Waals surface area contributed by atoms with Gasteiger partial charge < -0.3 is 16.4 Å². The van der Waals surface area contributed by atoms with Gasteiger partial charge in [-0.25, -0.2) is 9.97 Å². The van der Waals surface area contributed by atoms with E-state index in [1.54, 1.807) is 0 Å². The third kappa shape index (κ3) is 2.88. The largest absolute Gasteiger partial charge is 0.393 e. The lowest BCUT2D eigenvalue weighted by Crippen LogP contribution is -2.14. The predicted molar refractivity (Wildman–Crippen MR) is 74.9 cm³/mol. The number of para-hydroxylation sites is 1. The van der Waals surface area contributed by atoms with Crippen molar-refractivity contribution in [2.45, 2.75) is 19.9 Å². The molecule has 0 aliphatic heterocycles. The Labute approximate surface area is 106 Å². The number of nitrogen functional groups attached to an aromatic ring is 1. The highest BCUT2D eigenvalue weighted by molar-refractivity contribution is 5.77. The molecule has 0 radical (unpaired) electrons. The van der Waals surface area contributed by atoms with Gasteiger partial charge >= 0.3 is 0 Å². The number of hydrogen-bond acceptors (Lipinski definition) is 5. The number of hydrogen-bond donors (Lipinski definition) is 3. The molecule has 2 aromatic rings. The molecule has 2 rings (SSSR count). The molecule has 1 aromatic carbocycles. The van der Waals surface area contributed by atoms with Crippen LogP contribution in [0.4, 0.5) is 23.0 Å². The van der Waals surface area contributed by atoms with Crippen molar-refractivity contribution < 1.29 is 0 Å². The smallest absolute Gasteiger partial charge is 0.159 e. The Morgan fingerprint density at radius 1 is 1.06 bits per heavy atom. The van der Waals surface area contributed by atoms with E-state index in [9.17, 15) is 0 Å². The normalized spacial score (nSPS) is 10.4. The molecule has 0 bridgehead atoms. The summed E-state index contributed by atoms with van der Waals surface area (Å²) in [6, 6.07) is 10.0. The van der Waals surface area contributed by atoms with E-state index < -0.39 is 0 Å².